The smallest absolute Gasteiger partial charge is 0.220 e. The van der Waals surface area contributed by atoms with Gasteiger partial charge < -0.3 is 9.80 Å². The molecule has 6 heteroatoms. The first-order chi connectivity index (χ1) is 10.6. The summed E-state index contributed by atoms with van der Waals surface area (Å²) in [6.07, 6.45) is 0.705. The van der Waals surface area contributed by atoms with Crippen molar-refractivity contribution in [2.75, 3.05) is 26.7 Å². The minimum Gasteiger partial charge on any atom is -0.324 e. The second kappa shape index (κ2) is 7.35. The Balaban J connectivity index is 2.29. The van der Waals surface area contributed by atoms with Gasteiger partial charge in [0.2, 0.25) is 5.91 Å². The molecule has 0 aliphatic heterocycles. The number of nitrogens with zero attached hydrogens (tertiary/aromatic N) is 5. The van der Waals surface area contributed by atoms with Gasteiger partial charge in [0.15, 0.2) is 0 Å². The van der Waals surface area contributed by atoms with Crippen molar-refractivity contribution < 1.29 is 4.79 Å². The van der Waals surface area contributed by atoms with Gasteiger partial charge in [-0.2, -0.15) is 0 Å². The number of carbonyl (C=O) groups is 1. The third-order valence-corrected chi connectivity index (χ3v) is 4.20. The van der Waals surface area contributed by atoms with E-state index in [1.54, 1.807) is 11.8 Å². The third-order valence-electron chi connectivity index (χ3n) is 4.20. The van der Waals surface area contributed by atoms with Crippen molar-refractivity contribution in [1.82, 2.24) is 24.8 Å². The molecule has 0 spiro atoms. The standard InChI is InChI=1S/C16H25N5O/c1-5-20(6-2)12-11-16(19(4)13(3)22)21-15-10-8-7-9-14(15)17-18-21/h7-10,16H,5-6,11-12H2,1-4H3. The molecule has 1 heterocycles. The lowest BCUT2D eigenvalue weighted by Crippen LogP contribution is -2.36. The predicted molar refractivity (Wildman–Crippen MR) is 87.4 cm³/mol. The molecule has 0 bridgehead atoms. The lowest BCUT2D eigenvalue weighted by molar-refractivity contribution is -0.131. The van der Waals surface area contributed by atoms with Gasteiger partial charge in [-0.1, -0.05) is 31.2 Å². The summed E-state index contributed by atoms with van der Waals surface area (Å²) in [5, 5.41) is 8.49. The average Bonchev–Trinajstić information content (AvgIpc) is 2.95. The fourth-order valence-electron chi connectivity index (χ4n) is 2.63. The van der Waals surface area contributed by atoms with Gasteiger partial charge in [-0.25, -0.2) is 4.68 Å². The van der Waals surface area contributed by atoms with Crippen LogP contribution in [0.5, 0.6) is 0 Å². The zero-order valence-electron chi connectivity index (χ0n) is 13.9. The van der Waals surface area contributed by atoms with E-state index in [1.165, 1.54) is 0 Å². The summed E-state index contributed by atoms with van der Waals surface area (Å²) in [5.74, 6) is 0.0316. The quantitative estimate of drug-likeness (QED) is 0.786. The molecule has 1 aromatic heterocycles. The van der Waals surface area contributed by atoms with Gasteiger partial charge in [-0.05, 0) is 25.2 Å². The summed E-state index contributed by atoms with van der Waals surface area (Å²) in [6, 6.07) is 7.85. The molecular formula is C16H25N5O. The van der Waals surface area contributed by atoms with Crippen molar-refractivity contribution in [3.63, 3.8) is 0 Å². The average molecular weight is 303 g/mol. The summed E-state index contributed by atoms with van der Waals surface area (Å²) in [5.41, 5.74) is 1.81. The largest absolute Gasteiger partial charge is 0.324 e. The maximum atomic E-state index is 11.9. The van der Waals surface area contributed by atoms with Gasteiger partial charge in [-0.15, -0.1) is 5.10 Å². The Labute approximate surface area is 131 Å². The summed E-state index contributed by atoms with van der Waals surface area (Å²) in [7, 11) is 1.83. The van der Waals surface area contributed by atoms with E-state index in [2.05, 4.69) is 29.1 Å². The maximum Gasteiger partial charge on any atom is 0.220 e. The van der Waals surface area contributed by atoms with E-state index >= 15 is 0 Å². The van der Waals surface area contributed by atoms with Gasteiger partial charge in [0.25, 0.3) is 0 Å². The molecule has 6 nitrogen and oxygen atoms in total. The maximum absolute atomic E-state index is 11.9. The monoisotopic (exact) mass is 303 g/mol. The van der Waals surface area contributed by atoms with Crippen LogP contribution in [-0.4, -0.2) is 57.4 Å². The van der Waals surface area contributed by atoms with Crippen LogP contribution in [0.15, 0.2) is 24.3 Å². The highest BCUT2D eigenvalue weighted by Gasteiger charge is 2.22. The topological polar surface area (TPSA) is 54.3 Å². The Morgan fingerprint density at radius 1 is 1.27 bits per heavy atom. The third kappa shape index (κ3) is 3.44. The van der Waals surface area contributed by atoms with Crippen molar-refractivity contribution in [2.45, 2.75) is 33.4 Å². The fourth-order valence-corrected chi connectivity index (χ4v) is 2.63. The van der Waals surface area contributed by atoms with E-state index in [0.717, 1.165) is 37.1 Å². The summed E-state index contributed by atoms with van der Waals surface area (Å²) < 4.78 is 1.86. The Morgan fingerprint density at radius 3 is 2.59 bits per heavy atom. The number of para-hydroxylation sites is 1. The molecule has 0 saturated carbocycles. The zero-order chi connectivity index (χ0) is 16.1. The molecular weight excluding hydrogens is 278 g/mol. The molecule has 0 N–H and O–H groups in total. The first-order valence-corrected chi connectivity index (χ1v) is 7.84. The molecule has 0 radical (unpaired) electrons. The number of rotatable bonds is 7. The normalized spacial score (nSPS) is 12.8. The molecule has 1 unspecified atom stereocenters. The second-order valence-corrected chi connectivity index (χ2v) is 5.45. The van der Waals surface area contributed by atoms with Crippen LogP contribution in [0, 0.1) is 0 Å². The summed E-state index contributed by atoms with van der Waals surface area (Å²) >= 11 is 0. The minimum atomic E-state index is -0.120. The van der Waals surface area contributed by atoms with E-state index in [-0.39, 0.29) is 12.1 Å². The molecule has 1 amide bonds. The van der Waals surface area contributed by atoms with Crippen LogP contribution in [-0.2, 0) is 4.79 Å². The van der Waals surface area contributed by atoms with Gasteiger partial charge in [-0.3, -0.25) is 4.79 Å². The molecule has 0 saturated heterocycles. The predicted octanol–water partition coefficient (Wildman–Crippen LogP) is 2.14. The molecule has 2 aromatic rings. The summed E-state index contributed by atoms with van der Waals surface area (Å²) in [4.78, 5) is 15.9. The van der Waals surface area contributed by atoms with E-state index < -0.39 is 0 Å². The summed E-state index contributed by atoms with van der Waals surface area (Å²) in [6.45, 7) is 8.82. The molecule has 0 fully saturated rings. The molecule has 22 heavy (non-hydrogen) atoms. The number of aromatic nitrogens is 3. The van der Waals surface area contributed by atoms with Crippen LogP contribution >= 0.6 is 0 Å². The number of carbonyl (C=O) groups excluding carboxylic acids is 1. The van der Waals surface area contributed by atoms with Gasteiger partial charge >= 0.3 is 0 Å². The van der Waals surface area contributed by atoms with Crippen molar-refractivity contribution in [3.05, 3.63) is 24.3 Å². The highest BCUT2D eigenvalue weighted by atomic mass is 16.2. The number of hydrogen-bond acceptors (Lipinski definition) is 4. The SMILES string of the molecule is CCN(CC)CCC(N(C)C(C)=O)n1nnc2ccccc21. The van der Waals surface area contributed by atoms with Crippen LogP contribution in [0.2, 0.25) is 0 Å². The van der Waals surface area contributed by atoms with Crippen molar-refractivity contribution in [2.24, 2.45) is 0 Å². The van der Waals surface area contributed by atoms with E-state index in [4.69, 9.17) is 0 Å². The minimum absolute atomic E-state index is 0.0316. The molecule has 1 aromatic carbocycles. The number of benzene rings is 1. The Morgan fingerprint density at radius 2 is 1.95 bits per heavy atom. The zero-order valence-corrected chi connectivity index (χ0v) is 13.9. The number of fused-ring (bicyclic) bond motifs is 1. The van der Waals surface area contributed by atoms with Crippen LogP contribution in [0.4, 0.5) is 0 Å². The van der Waals surface area contributed by atoms with Crippen LogP contribution < -0.4 is 0 Å². The van der Waals surface area contributed by atoms with E-state index in [0.29, 0.717) is 0 Å². The Bertz CT molecular complexity index is 620. The van der Waals surface area contributed by atoms with Crippen molar-refractivity contribution in [3.8, 4) is 0 Å². The molecule has 1 atom stereocenters. The van der Waals surface area contributed by atoms with E-state index in [1.807, 2.05) is 36.0 Å². The fraction of sp³-hybridized carbons (Fsp3) is 0.562. The molecule has 0 aliphatic carbocycles. The molecule has 0 aliphatic rings. The first kappa shape index (κ1) is 16.4. The highest BCUT2D eigenvalue weighted by Crippen LogP contribution is 2.21. The van der Waals surface area contributed by atoms with Gasteiger partial charge in [0.05, 0.1) is 5.52 Å². The molecule has 120 valence electrons. The Kier molecular flexibility index (Phi) is 5.49. The van der Waals surface area contributed by atoms with Gasteiger partial charge in [0.1, 0.15) is 11.7 Å². The second-order valence-electron chi connectivity index (χ2n) is 5.45. The lowest BCUT2D eigenvalue weighted by Gasteiger charge is -2.29. The molecule has 2 rings (SSSR count). The van der Waals surface area contributed by atoms with Crippen LogP contribution in [0.25, 0.3) is 11.0 Å². The lowest BCUT2D eigenvalue weighted by atomic mass is 10.2. The van der Waals surface area contributed by atoms with E-state index in [9.17, 15) is 4.79 Å². The number of hydrogen-bond donors (Lipinski definition) is 0. The highest BCUT2D eigenvalue weighted by molar-refractivity contribution is 5.75. The number of amides is 1. The first-order valence-electron chi connectivity index (χ1n) is 7.84. The van der Waals surface area contributed by atoms with Crippen molar-refractivity contribution in [1.29, 1.82) is 0 Å². The van der Waals surface area contributed by atoms with Crippen molar-refractivity contribution >= 4 is 16.9 Å². The van der Waals surface area contributed by atoms with Gasteiger partial charge in [0, 0.05) is 26.9 Å². The van der Waals surface area contributed by atoms with Crippen LogP contribution in [0.3, 0.4) is 0 Å². The Hall–Kier alpha value is -1.95. The van der Waals surface area contributed by atoms with Crippen LogP contribution in [0.1, 0.15) is 33.4 Å².